The summed E-state index contributed by atoms with van der Waals surface area (Å²) in [5, 5.41) is 9.56. The molecule has 2 aliphatic rings. The van der Waals surface area contributed by atoms with Gasteiger partial charge < -0.3 is 5.11 Å². The molecular weight excluding hydrogens is 262 g/mol. The van der Waals surface area contributed by atoms with Gasteiger partial charge in [-0.15, -0.1) is 0 Å². The Morgan fingerprint density at radius 3 is 2.68 bits per heavy atom. The standard InChI is InChI=1S/C14H19NO3S/c16-12-4-5-13-11(10-12)2-1-3-14(13)15-6-8-19(17,18)9-7-15/h4-5,10,14,16H,1-3,6-9H2. The summed E-state index contributed by atoms with van der Waals surface area (Å²) >= 11 is 0. The molecule has 5 heteroatoms. The van der Waals surface area contributed by atoms with Crippen LogP contribution in [0.1, 0.15) is 30.0 Å². The second kappa shape index (κ2) is 4.80. The monoisotopic (exact) mass is 281 g/mol. The van der Waals surface area contributed by atoms with E-state index in [1.54, 1.807) is 6.07 Å². The summed E-state index contributed by atoms with van der Waals surface area (Å²) in [5.74, 6) is 0.869. The van der Waals surface area contributed by atoms with E-state index in [2.05, 4.69) is 4.90 Å². The number of hydrogen-bond acceptors (Lipinski definition) is 4. The number of hydrogen-bond donors (Lipinski definition) is 1. The maximum absolute atomic E-state index is 11.5. The molecule has 4 nitrogen and oxygen atoms in total. The van der Waals surface area contributed by atoms with Crippen LogP contribution in [0.15, 0.2) is 18.2 Å². The van der Waals surface area contributed by atoms with Crippen LogP contribution in [0.4, 0.5) is 0 Å². The number of fused-ring (bicyclic) bond motifs is 1. The van der Waals surface area contributed by atoms with E-state index in [1.165, 1.54) is 11.1 Å². The zero-order valence-corrected chi connectivity index (χ0v) is 11.7. The van der Waals surface area contributed by atoms with Crippen molar-refractivity contribution in [1.29, 1.82) is 0 Å². The van der Waals surface area contributed by atoms with Crippen molar-refractivity contribution in [3.05, 3.63) is 29.3 Å². The van der Waals surface area contributed by atoms with Crippen LogP contribution in [0.25, 0.3) is 0 Å². The molecule has 1 atom stereocenters. The van der Waals surface area contributed by atoms with Crippen molar-refractivity contribution in [3.8, 4) is 5.75 Å². The Morgan fingerprint density at radius 2 is 1.95 bits per heavy atom. The highest BCUT2D eigenvalue weighted by molar-refractivity contribution is 7.91. The van der Waals surface area contributed by atoms with Crippen LogP contribution in [0.2, 0.25) is 0 Å². The van der Waals surface area contributed by atoms with Crippen molar-refractivity contribution in [1.82, 2.24) is 4.90 Å². The van der Waals surface area contributed by atoms with Crippen molar-refractivity contribution in [2.24, 2.45) is 0 Å². The number of phenolic OH excluding ortho intramolecular Hbond substituents is 1. The molecule has 3 rings (SSSR count). The highest BCUT2D eigenvalue weighted by atomic mass is 32.2. The fraction of sp³-hybridized carbons (Fsp3) is 0.571. The third-order valence-electron chi connectivity index (χ3n) is 4.23. The molecule has 0 bridgehead atoms. The van der Waals surface area contributed by atoms with Crippen LogP contribution < -0.4 is 0 Å². The minimum Gasteiger partial charge on any atom is -0.508 e. The maximum Gasteiger partial charge on any atom is 0.152 e. The summed E-state index contributed by atoms with van der Waals surface area (Å²) in [6.07, 6.45) is 3.19. The van der Waals surface area contributed by atoms with E-state index in [1.807, 2.05) is 12.1 Å². The molecule has 1 unspecified atom stereocenters. The molecule has 0 saturated carbocycles. The van der Waals surface area contributed by atoms with Gasteiger partial charge in [0.1, 0.15) is 5.75 Å². The summed E-state index contributed by atoms with van der Waals surface area (Å²) < 4.78 is 23.0. The molecule has 0 amide bonds. The van der Waals surface area contributed by atoms with Crippen molar-refractivity contribution >= 4 is 9.84 Å². The highest BCUT2D eigenvalue weighted by Crippen LogP contribution is 2.36. The third kappa shape index (κ3) is 2.62. The third-order valence-corrected chi connectivity index (χ3v) is 5.84. The SMILES string of the molecule is O=S1(=O)CCN(C2CCCc3cc(O)ccc32)CC1. The van der Waals surface area contributed by atoms with Gasteiger partial charge >= 0.3 is 0 Å². The van der Waals surface area contributed by atoms with Gasteiger partial charge in [0.15, 0.2) is 9.84 Å². The van der Waals surface area contributed by atoms with Crippen LogP contribution in [0.5, 0.6) is 5.75 Å². The van der Waals surface area contributed by atoms with Crippen molar-refractivity contribution in [2.75, 3.05) is 24.6 Å². The van der Waals surface area contributed by atoms with E-state index >= 15 is 0 Å². The fourth-order valence-electron chi connectivity index (χ4n) is 3.19. The minimum absolute atomic E-state index is 0.275. The topological polar surface area (TPSA) is 57.6 Å². The van der Waals surface area contributed by atoms with E-state index < -0.39 is 9.84 Å². The van der Waals surface area contributed by atoms with Crippen LogP contribution >= 0.6 is 0 Å². The number of sulfone groups is 1. The lowest BCUT2D eigenvalue weighted by atomic mass is 9.86. The normalized spacial score (nSPS) is 26.8. The van der Waals surface area contributed by atoms with E-state index in [4.69, 9.17) is 0 Å². The molecule has 0 radical (unpaired) electrons. The number of aromatic hydroxyl groups is 1. The van der Waals surface area contributed by atoms with Gasteiger partial charge in [-0.1, -0.05) is 6.07 Å². The lowest BCUT2D eigenvalue weighted by molar-refractivity contribution is 0.193. The quantitative estimate of drug-likeness (QED) is 0.847. The van der Waals surface area contributed by atoms with Gasteiger partial charge in [-0.05, 0) is 42.5 Å². The average Bonchev–Trinajstić information content (AvgIpc) is 2.38. The molecule has 0 spiro atoms. The van der Waals surface area contributed by atoms with Gasteiger partial charge in [0.05, 0.1) is 11.5 Å². The molecule has 1 saturated heterocycles. The predicted molar refractivity (Wildman–Crippen MR) is 74.0 cm³/mol. The zero-order valence-electron chi connectivity index (χ0n) is 10.9. The Hall–Kier alpha value is -1.07. The molecule has 1 aliphatic heterocycles. The van der Waals surface area contributed by atoms with Crippen LogP contribution in [0, 0.1) is 0 Å². The first-order valence-electron chi connectivity index (χ1n) is 6.81. The lowest BCUT2D eigenvalue weighted by Gasteiger charge is -2.37. The summed E-state index contributed by atoms with van der Waals surface area (Å²) in [5.41, 5.74) is 2.48. The smallest absolute Gasteiger partial charge is 0.152 e. The first-order chi connectivity index (χ1) is 9.05. The van der Waals surface area contributed by atoms with Crippen molar-refractivity contribution < 1.29 is 13.5 Å². The molecule has 0 aromatic heterocycles. The fourth-order valence-corrected chi connectivity index (χ4v) is 4.42. The predicted octanol–water partition coefficient (Wildman–Crippen LogP) is 1.50. The van der Waals surface area contributed by atoms with Crippen LogP contribution in [-0.4, -0.2) is 43.0 Å². The summed E-state index contributed by atoms with van der Waals surface area (Å²) in [6.45, 7) is 1.26. The molecule has 104 valence electrons. The Balaban J connectivity index is 1.84. The van der Waals surface area contributed by atoms with Gasteiger partial charge in [-0.3, -0.25) is 4.90 Å². The largest absolute Gasteiger partial charge is 0.508 e. The van der Waals surface area contributed by atoms with Crippen molar-refractivity contribution in [2.45, 2.75) is 25.3 Å². The molecule has 1 fully saturated rings. The van der Waals surface area contributed by atoms with Crippen LogP contribution in [0.3, 0.4) is 0 Å². The molecular formula is C14H19NO3S. The molecule has 1 heterocycles. The van der Waals surface area contributed by atoms with Crippen LogP contribution in [-0.2, 0) is 16.3 Å². The number of aryl methyl sites for hydroxylation is 1. The number of nitrogens with zero attached hydrogens (tertiary/aromatic N) is 1. The van der Waals surface area contributed by atoms with E-state index in [9.17, 15) is 13.5 Å². The summed E-state index contributed by atoms with van der Waals surface area (Å²) in [6, 6.07) is 5.90. The van der Waals surface area contributed by atoms with Gasteiger partial charge in [-0.2, -0.15) is 0 Å². The van der Waals surface area contributed by atoms with Gasteiger partial charge in [0.25, 0.3) is 0 Å². The van der Waals surface area contributed by atoms with Gasteiger partial charge in [0.2, 0.25) is 0 Å². The average molecular weight is 281 g/mol. The number of phenols is 1. The maximum atomic E-state index is 11.5. The molecule has 1 aromatic rings. The number of benzene rings is 1. The summed E-state index contributed by atoms with van der Waals surface area (Å²) in [4.78, 5) is 2.29. The van der Waals surface area contributed by atoms with E-state index in [-0.39, 0.29) is 11.5 Å². The molecule has 1 N–H and O–H groups in total. The number of rotatable bonds is 1. The Morgan fingerprint density at radius 1 is 1.21 bits per heavy atom. The second-order valence-electron chi connectivity index (χ2n) is 5.48. The first-order valence-corrected chi connectivity index (χ1v) is 8.63. The molecule has 19 heavy (non-hydrogen) atoms. The minimum atomic E-state index is -2.82. The molecule has 1 aliphatic carbocycles. The highest BCUT2D eigenvalue weighted by Gasteiger charge is 2.30. The Labute approximate surface area is 114 Å². The lowest BCUT2D eigenvalue weighted by Crippen LogP contribution is -2.43. The van der Waals surface area contributed by atoms with E-state index in [0.717, 1.165) is 19.3 Å². The Kier molecular flexibility index (Phi) is 3.27. The van der Waals surface area contributed by atoms with Crippen molar-refractivity contribution in [3.63, 3.8) is 0 Å². The zero-order chi connectivity index (χ0) is 13.5. The second-order valence-corrected chi connectivity index (χ2v) is 7.78. The first kappa shape index (κ1) is 12.9. The Bertz CT molecular complexity index is 568. The summed E-state index contributed by atoms with van der Waals surface area (Å²) in [7, 11) is -2.82. The molecule has 1 aromatic carbocycles. The van der Waals surface area contributed by atoms with Gasteiger partial charge in [0, 0.05) is 19.1 Å². The van der Waals surface area contributed by atoms with Gasteiger partial charge in [-0.25, -0.2) is 8.42 Å². The van der Waals surface area contributed by atoms with E-state index in [0.29, 0.717) is 24.9 Å².